The molecule has 0 bridgehead atoms. The third kappa shape index (κ3) is 2.23. The van der Waals surface area contributed by atoms with Crippen molar-refractivity contribution >= 4 is 11.1 Å². The first kappa shape index (κ1) is 12.2. The highest BCUT2D eigenvalue weighted by atomic mass is 16.3. The largest absolute Gasteiger partial charge is 0.507 e. The van der Waals surface area contributed by atoms with E-state index in [1.165, 1.54) is 0 Å². The van der Waals surface area contributed by atoms with Gasteiger partial charge in [-0.1, -0.05) is 36.4 Å². The second-order valence-electron chi connectivity index (χ2n) is 4.28. The summed E-state index contributed by atoms with van der Waals surface area (Å²) in [5.41, 5.74) is 3.49. The lowest BCUT2D eigenvalue weighted by Gasteiger charge is -2.11. The molecule has 0 saturated carbocycles. The van der Waals surface area contributed by atoms with E-state index in [1.54, 1.807) is 24.3 Å². The van der Waals surface area contributed by atoms with Crippen molar-refractivity contribution in [2.45, 2.75) is 13.8 Å². The fourth-order valence-corrected chi connectivity index (χ4v) is 1.99. The zero-order chi connectivity index (χ0) is 13.1. The highest BCUT2D eigenvalue weighted by Gasteiger charge is 2.09. The molecule has 92 valence electrons. The molecule has 0 atom stereocenters. The fraction of sp³-hybridized carbons (Fsp3) is 0.125. The van der Waals surface area contributed by atoms with Crippen molar-refractivity contribution in [3.8, 4) is 11.5 Å². The quantitative estimate of drug-likeness (QED) is 0.777. The van der Waals surface area contributed by atoms with Gasteiger partial charge in [0.15, 0.2) is 0 Å². The molecule has 2 aromatic rings. The van der Waals surface area contributed by atoms with Crippen LogP contribution in [0.15, 0.2) is 48.5 Å². The second-order valence-corrected chi connectivity index (χ2v) is 4.28. The van der Waals surface area contributed by atoms with Crippen molar-refractivity contribution in [2.75, 3.05) is 0 Å². The summed E-state index contributed by atoms with van der Waals surface area (Å²) < 4.78 is 0. The molecule has 18 heavy (non-hydrogen) atoms. The number of para-hydroxylation sites is 2. The van der Waals surface area contributed by atoms with E-state index in [-0.39, 0.29) is 11.5 Å². The highest BCUT2D eigenvalue weighted by Crippen LogP contribution is 2.33. The number of benzene rings is 2. The number of phenols is 2. The number of rotatable bonds is 2. The first-order valence-electron chi connectivity index (χ1n) is 5.85. The van der Waals surface area contributed by atoms with E-state index in [0.717, 1.165) is 22.3 Å². The average Bonchev–Trinajstić information content (AvgIpc) is 2.38. The molecular formula is C16H16O2. The smallest absolute Gasteiger partial charge is 0.123 e. The molecule has 0 heterocycles. The first-order valence-corrected chi connectivity index (χ1v) is 5.85. The van der Waals surface area contributed by atoms with Gasteiger partial charge in [0, 0.05) is 11.1 Å². The molecule has 0 unspecified atom stereocenters. The van der Waals surface area contributed by atoms with Crippen LogP contribution in [0.3, 0.4) is 0 Å². The zero-order valence-corrected chi connectivity index (χ0v) is 10.5. The normalized spacial score (nSPS) is 12.1. The Morgan fingerprint density at radius 3 is 1.33 bits per heavy atom. The number of hydrogen-bond donors (Lipinski definition) is 2. The van der Waals surface area contributed by atoms with Crippen molar-refractivity contribution < 1.29 is 10.2 Å². The summed E-state index contributed by atoms with van der Waals surface area (Å²) in [7, 11) is 0. The lowest BCUT2D eigenvalue weighted by molar-refractivity contribution is 0.472. The van der Waals surface area contributed by atoms with Crippen molar-refractivity contribution in [2.24, 2.45) is 0 Å². The monoisotopic (exact) mass is 240 g/mol. The molecule has 0 aliphatic carbocycles. The van der Waals surface area contributed by atoms with Gasteiger partial charge in [-0.2, -0.15) is 0 Å². The Balaban J connectivity index is 2.55. The first-order chi connectivity index (χ1) is 8.61. The van der Waals surface area contributed by atoms with Gasteiger partial charge in [-0.15, -0.1) is 0 Å². The van der Waals surface area contributed by atoms with Crippen LogP contribution in [-0.2, 0) is 0 Å². The van der Waals surface area contributed by atoms with E-state index in [9.17, 15) is 10.2 Å². The molecular weight excluding hydrogens is 224 g/mol. The number of allylic oxidation sites excluding steroid dienone is 2. The Morgan fingerprint density at radius 2 is 1.00 bits per heavy atom. The van der Waals surface area contributed by atoms with E-state index >= 15 is 0 Å². The van der Waals surface area contributed by atoms with E-state index in [0.29, 0.717) is 0 Å². The molecule has 0 spiro atoms. The highest BCUT2D eigenvalue weighted by molar-refractivity contribution is 5.91. The standard InChI is InChI=1S/C16H16O2/c1-11(13-7-3-5-9-15(13)17)12(2)14-8-4-6-10-16(14)18/h3-10,17-18H,1-2H3. The number of phenolic OH excluding ortho intramolecular Hbond substituents is 2. The maximum Gasteiger partial charge on any atom is 0.123 e. The van der Waals surface area contributed by atoms with Crippen LogP contribution in [0.1, 0.15) is 25.0 Å². The van der Waals surface area contributed by atoms with Crippen LogP contribution in [-0.4, -0.2) is 10.2 Å². The van der Waals surface area contributed by atoms with Crippen molar-refractivity contribution in [1.82, 2.24) is 0 Å². The SMILES string of the molecule is CC(=C(C)c1ccccc1O)c1ccccc1O. The van der Waals surface area contributed by atoms with Crippen molar-refractivity contribution in [3.05, 3.63) is 59.7 Å². The topological polar surface area (TPSA) is 40.5 Å². The summed E-state index contributed by atoms with van der Waals surface area (Å²) in [4.78, 5) is 0. The number of hydrogen-bond acceptors (Lipinski definition) is 2. The van der Waals surface area contributed by atoms with Gasteiger partial charge < -0.3 is 10.2 Å². The molecule has 0 aliphatic rings. The van der Waals surface area contributed by atoms with Gasteiger partial charge in [0.25, 0.3) is 0 Å². The third-order valence-corrected chi connectivity index (χ3v) is 3.18. The van der Waals surface area contributed by atoms with E-state index in [4.69, 9.17) is 0 Å². The summed E-state index contributed by atoms with van der Waals surface area (Å²) in [5, 5.41) is 19.7. The Bertz CT molecular complexity index is 544. The van der Waals surface area contributed by atoms with Crippen molar-refractivity contribution in [3.63, 3.8) is 0 Å². The minimum Gasteiger partial charge on any atom is -0.507 e. The van der Waals surface area contributed by atoms with Crippen LogP contribution in [0.4, 0.5) is 0 Å². The minimum atomic E-state index is 0.254. The lowest BCUT2D eigenvalue weighted by atomic mass is 9.96. The van der Waals surface area contributed by atoms with Gasteiger partial charge in [-0.3, -0.25) is 0 Å². The van der Waals surface area contributed by atoms with Gasteiger partial charge in [0.05, 0.1) is 0 Å². The Kier molecular flexibility index (Phi) is 3.38. The minimum absolute atomic E-state index is 0.254. The Hall–Kier alpha value is -2.22. The van der Waals surface area contributed by atoms with Crippen LogP contribution in [0, 0.1) is 0 Å². The predicted molar refractivity (Wildman–Crippen MR) is 74.4 cm³/mol. The van der Waals surface area contributed by atoms with Gasteiger partial charge in [-0.25, -0.2) is 0 Å². The van der Waals surface area contributed by atoms with Crippen LogP contribution in [0.25, 0.3) is 11.1 Å². The molecule has 0 fully saturated rings. The zero-order valence-electron chi connectivity index (χ0n) is 10.5. The fourth-order valence-electron chi connectivity index (χ4n) is 1.99. The van der Waals surface area contributed by atoms with Gasteiger partial charge in [0.2, 0.25) is 0 Å². The molecule has 0 aromatic heterocycles. The summed E-state index contributed by atoms with van der Waals surface area (Å²) in [6.07, 6.45) is 0. The van der Waals surface area contributed by atoms with Crippen LogP contribution >= 0.6 is 0 Å². The molecule has 2 nitrogen and oxygen atoms in total. The molecule has 2 N–H and O–H groups in total. The molecule has 2 heteroatoms. The van der Waals surface area contributed by atoms with Crippen molar-refractivity contribution in [1.29, 1.82) is 0 Å². The Morgan fingerprint density at radius 1 is 0.667 bits per heavy atom. The second kappa shape index (κ2) is 4.96. The van der Waals surface area contributed by atoms with Crippen LogP contribution < -0.4 is 0 Å². The number of aromatic hydroxyl groups is 2. The van der Waals surface area contributed by atoms with Gasteiger partial charge in [-0.05, 0) is 37.1 Å². The molecule has 0 amide bonds. The lowest BCUT2D eigenvalue weighted by Crippen LogP contribution is -1.87. The van der Waals surface area contributed by atoms with Gasteiger partial charge in [0.1, 0.15) is 11.5 Å². The molecule has 0 radical (unpaired) electrons. The van der Waals surface area contributed by atoms with E-state index < -0.39 is 0 Å². The van der Waals surface area contributed by atoms with Crippen LogP contribution in [0.5, 0.6) is 11.5 Å². The predicted octanol–water partition coefficient (Wildman–Crippen LogP) is 4.05. The summed E-state index contributed by atoms with van der Waals surface area (Å²) in [5.74, 6) is 0.509. The Labute approximate surface area is 107 Å². The maximum absolute atomic E-state index is 9.85. The summed E-state index contributed by atoms with van der Waals surface area (Å²) in [6.45, 7) is 3.88. The molecule has 2 aromatic carbocycles. The van der Waals surface area contributed by atoms with Gasteiger partial charge >= 0.3 is 0 Å². The van der Waals surface area contributed by atoms with E-state index in [1.807, 2.05) is 38.1 Å². The van der Waals surface area contributed by atoms with Crippen LogP contribution in [0.2, 0.25) is 0 Å². The molecule has 0 aliphatic heterocycles. The van der Waals surface area contributed by atoms with E-state index in [2.05, 4.69) is 0 Å². The third-order valence-electron chi connectivity index (χ3n) is 3.18. The average molecular weight is 240 g/mol. The molecule has 0 saturated heterocycles. The summed E-state index contributed by atoms with van der Waals surface area (Å²) in [6, 6.07) is 14.4. The summed E-state index contributed by atoms with van der Waals surface area (Å²) >= 11 is 0. The molecule has 2 rings (SSSR count). The maximum atomic E-state index is 9.85.